The van der Waals surface area contributed by atoms with E-state index in [1.807, 2.05) is 21.1 Å². The number of carbonyl (C=O) groups excluding carboxylic acids is 3. The highest BCUT2D eigenvalue weighted by Gasteiger charge is 2.25. The third-order valence-corrected chi connectivity index (χ3v) is 12.3. The van der Waals surface area contributed by atoms with Crippen molar-refractivity contribution in [2.75, 3.05) is 41.0 Å². The number of hydrogen-bond donors (Lipinski definition) is 0. The molecule has 63 heavy (non-hydrogen) atoms. The van der Waals surface area contributed by atoms with Crippen LogP contribution in [0.2, 0.25) is 0 Å². The molecule has 0 aromatic rings. The van der Waals surface area contributed by atoms with Gasteiger partial charge in [-0.25, -0.2) is 0 Å². The van der Waals surface area contributed by atoms with Crippen molar-refractivity contribution in [2.24, 2.45) is 0 Å². The van der Waals surface area contributed by atoms with Gasteiger partial charge < -0.3 is 28.6 Å². The molecule has 8 nitrogen and oxygen atoms in total. The molecule has 0 radical (unpaired) electrons. The highest BCUT2D eigenvalue weighted by Crippen LogP contribution is 2.17. The van der Waals surface area contributed by atoms with Crippen LogP contribution in [0, 0.1) is 0 Å². The first-order chi connectivity index (χ1) is 30.6. The summed E-state index contributed by atoms with van der Waals surface area (Å²) in [7, 11) is 5.42. The van der Waals surface area contributed by atoms with E-state index in [1.165, 1.54) is 173 Å². The van der Waals surface area contributed by atoms with Crippen LogP contribution in [0.25, 0.3) is 0 Å². The lowest BCUT2D eigenvalue weighted by Gasteiger charge is -2.34. The highest BCUT2D eigenvalue weighted by molar-refractivity contribution is 5.70. The fourth-order valence-corrected chi connectivity index (χ4v) is 8.16. The molecule has 0 amide bonds. The first kappa shape index (κ1) is 60.8. The summed E-state index contributed by atoms with van der Waals surface area (Å²) >= 11 is 0. The zero-order valence-corrected chi connectivity index (χ0v) is 42.3. The van der Waals surface area contributed by atoms with Crippen molar-refractivity contribution in [2.45, 2.75) is 270 Å². The van der Waals surface area contributed by atoms with E-state index in [4.69, 9.17) is 14.2 Å². The van der Waals surface area contributed by atoms with Gasteiger partial charge in [-0.15, -0.1) is 0 Å². The highest BCUT2D eigenvalue weighted by atomic mass is 16.6. The SMILES string of the molecule is CCCCC/C=C\C/C=C\CCCCCCCCCC(=O)OC(COCCC(C(=O)[O-])[N+](C)(C)C)COC(=O)CCCCCCCCCCCCCCCCCCCCCCCC. The van der Waals surface area contributed by atoms with Gasteiger partial charge in [-0.3, -0.25) is 9.59 Å². The molecule has 0 aliphatic heterocycles. The number of carboxylic acid groups (broad SMARTS) is 1. The van der Waals surface area contributed by atoms with Crippen molar-refractivity contribution in [1.82, 2.24) is 0 Å². The number of nitrogens with zero attached hydrogens (tertiary/aromatic N) is 1. The first-order valence-corrected chi connectivity index (χ1v) is 26.9. The van der Waals surface area contributed by atoms with Crippen molar-refractivity contribution < 1.29 is 38.2 Å². The lowest BCUT2D eigenvalue weighted by molar-refractivity contribution is -0.889. The Morgan fingerprint density at radius 3 is 1.25 bits per heavy atom. The van der Waals surface area contributed by atoms with Crippen molar-refractivity contribution in [3.8, 4) is 0 Å². The zero-order chi connectivity index (χ0) is 46.3. The molecule has 0 N–H and O–H groups in total. The molecular weight excluding hydrogens is 787 g/mol. The molecule has 0 spiro atoms. The molecule has 0 saturated carbocycles. The smallest absolute Gasteiger partial charge is 0.306 e. The number of unbranched alkanes of at least 4 members (excludes halogenated alkanes) is 31. The predicted octanol–water partition coefficient (Wildman–Crippen LogP) is 14.3. The van der Waals surface area contributed by atoms with Gasteiger partial charge in [-0.05, 0) is 44.9 Å². The number of rotatable bonds is 49. The second-order valence-electron chi connectivity index (χ2n) is 19.5. The number of ether oxygens (including phenoxy) is 3. The van der Waals surface area contributed by atoms with Crippen LogP contribution in [0.15, 0.2) is 24.3 Å². The Bertz CT molecular complexity index is 1080. The van der Waals surface area contributed by atoms with E-state index < -0.39 is 18.1 Å². The van der Waals surface area contributed by atoms with Gasteiger partial charge in [0.1, 0.15) is 12.6 Å². The maximum Gasteiger partial charge on any atom is 0.306 e. The Kier molecular flexibility index (Phi) is 44.7. The van der Waals surface area contributed by atoms with E-state index in [9.17, 15) is 19.5 Å². The van der Waals surface area contributed by atoms with Crippen molar-refractivity contribution in [3.05, 3.63) is 24.3 Å². The number of carbonyl (C=O) groups is 3. The van der Waals surface area contributed by atoms with Gasteiger partial charge in [0.25, 0.3) is 0 Å². The van der Waals surface area contributed by atoms with Crippen LogP contribution < -0.4 is 5.11 Å². The quantitative estimate of drug-likeness (QED) is 0.0259. The van der Waals surface area contributed by atoms with Crippen LogP contribution in [0.1, 0.15) is 258 Å². The molecule has 0 aliphatic carbocycles. The fourth-order valence-electron chi connectivity index (χ4n) is 8.16. The molecule has 0 rings (SSSR count). The van der Waals surface area contributed by atoms with E-state index >= 15 is 0 Å². The number of aliphatic carboxylic acids is 1. The third-order valence-electron chi connectivity index (χ3n) is 12.3. The minimum Gasteiger partial charge on any atom is -0.544 e. The Balaban J connectivity index is 4.17. The minimum absolute atomic E-state index is 0.0419. The van der Waals surface area contributed by atoms with Gasteiger partial charge in [0, 0.05) is 19.3 Å². The number of likely N-dealkylation sites (N-methyl/N-ethyl adjacent to an activating group) is 1. The van der Waals surface area contributed by atoms with E-state index in [-0.39, 0.29) is 42.7 Å². The second-order valence-corrected chi connectivity index (χ2v) is 19.5. The standard InChI is InChI=1S/C55H103NO7/c1-6-8-10-12-14-16-18-20-22-24-25-26-27-28-30-31-33-35-37-39-41-43-45-53(57)62-50-51(49-61-48-47-52(55(59)60)56(3,4)5)63-54(58)46-44-42-40-38-36-34-32-29-23-21-19-17-15-13-11-9-7-2/h15,17,21,23,51-52H,6-14,16,18-20,22,24-50H2,1-5H3/b17-15-,23-21-. The van der Waals surface area contributed by atoms with Gasteiger partial charge in [0.05, 0.1) is 40.3 Å². The van der Waals surface area contributed by atoms with Crippen LogP contribution in [0.4, 0.5) is 0 Å². The van der Waals surface area contributed by atoms with Crippen LogP contribution >= 0.6 is 0 Å². The van der Waals surface area contributed by atoms with E-state index in [2.05, 4.69) is 38.2 Å². The summed E-state index contributed by atoms with van der Waals surface area (Å²) in [4.78, 5) is 37.1. The predicted molar refractivity (Wildman–Crippen MR) is 264 cm³/mol. The van der Waals surface area contributed by atoms with Gasteiger partial charge in [-0.2, -0.15) is 0 Å². The second kappa shape index (κ2) is 46.3. The average molecular weight is 890 g/mol. The molecule has 0 heterocycles. The van der Waals surface area contributed by atoms with Crippen LogP contribution in [0.5, 0.6) is 0 Å². The van der Waals surface area contributed by atoms with Crippen LogP contribution in [0.3, 0.4) is 0 Å². The van der Waals surface area contributed by atoms with Gasteiger partial charge in [0.2, 0.25) is 0 Å². The number of esters is 2. The van der Waals surface area contributed by atoms with Crippen molar-refractivity contribution in [3.63, 3.8) is 0 Å². The maximum atomic E-state index is 12.8. The molecule has 2 unspecified atom stereocenters. The number of quaternary nitrogens is 1. The minimum atomic E-state index is -1.12. The zero-order valence-electron chi connectivity index (χ0n) is 42.3. The largest absolute Gasteiger partial charge is 0.544 e. The van der Waals surface area contributed by atoms with E-state index in [0.717, 1.165) is 51.4 Å². The summed E-state index contributed by atoms with van der Waals surface area (Å²) in [6.07, 6.45) is 53.5. The summed E-state index contributed by atoms with van der Waals surface area (Å²) in [5.74, 6) is -1.73. The van der Waals surface area contributed by atoms with Crippen molar-refractivity contribution >= 4 is 17.9 Å². The first-order valence-electron chi connectivity index (χ1n) is 26.9. The molecule has 0 fully saturated rings. The number of hydrogen-bond acceptors (Lipinski definition) is 7. The molecule has 0 saturated heterocycles. The topological polar surface area (TPSA) is 102 Å². The monoisotopic (exact) mass is 890 g/mol. The Morgan fingerprint density at radius 1 is 0.476 bits per heavy atom. The molecule has 0 aromatic carbocycles. The van der Waals surface area contributed by atoms with Crippen LogP contribution in [-0.2, 0) is 28.6 Å². The Morgan fingerprint density at radius 2 is 0.841 bits per heavy atom. The van der Waals surface area contributed by atoms with E-state index in [1.54, 1.807) is 0 Å². The number of carboxylic acids is 1. The van der Waals surface area contributed by atoms with Gasteiger partial charge in [0.15, 0.2) is 6.10 Å². The van der Waals surface area contributed by atoms with Gasteiger partial charge in [-0.1, -0.05) is 218 Å². The molecule has 0 bridgehead atoms. The van der Waals surface area contributed by atoms with Gasteiger partial charge >= 0.3 is 11.9 Å². The summed E-state index contributed by atoms with van der Waals surface area (Å²) in [5, 5.41) is 11.7. The molecule has 370 valence electrons. The lowest BCUT2D eigenvalue weighted by atomic mass is 10.0. The fraction of sp³-hybridized carbons (Fsp3) is 0.873. The Hall–Kier alpha value is -2.19. The maximum absolute atomic E-state index is 12.8. The average Bonchev–Trinajstić information content (AvgIpc) is 3.24. The molecule has 8 heteroatoms. The molecule has 0 aromatic heterocycles. The van der Waals surface area contributed by atoms with Crippen LogP contribution in [-0.4, -0.2) is 75.5 Å². The third kappa shape index (κ3) is 44.8. The Labute approximate surface area is 390 Å². The summed E-state index contributed by atoms with van der Waals surface area (Å²) in [6.45, 7) is 4.68. The summed E-state index contributed by atoms with van der Waals surface area (Å²) in [5.41, 5.74) is 0. The number of allylic oxidation sites excluding steroid dienone is 4. The van der Waals surface area contributed by atoms with E-state index in [0.29, 0.717) is 12.8 Å². The molecular formula is C55H103NO7. The lowest BCUT2D eigenvalue weighted by Crippen LogP contribution is -2.55. The summed E-state index contributed by atoms with van der Waals surface area (Å²) in [6, 6.07) is -0.725. The van der Waals surface area contributed by atoms with Crippen molar-refractivity contribution in [1.29, 1.82) is 0 Å². The molecule has 2 atom stereocenters. The molecule has 0 aliphatic rings. The summed E-state index contributed by atoms with van der Waals surface area (Å²) < 4.78 is 17.3. The normalized spacial score (nSPS) is 13.0.